The highest BCUT2D eigenvalue weighted by molar-refractivity contribution is 9.10. The van der Waals surface area contributed by atoms with Gasteiger partial charge in [-0.05, 0) is 65.2 Å². The fraction of sp³-hybridized carbons (Fsp3) is 0.312. The summed E-state index contributed by atoms with van der Waals surface area (Å²) in [4.78, 5) is 6.33. The molecule has 3 nitrogen and oxygen atoms in total. The smallest absolute Gasteiger partial charge is 0.0762 e. The van der Waals surface area contributed by atoms with E-state index in [-0.39, 0.29) is 0 Å². The molecule has 0 aliphatic heterocycles. The second-order valence-corrected chi connectivity index (χ2v) is 5.61. The predicted octanol–water partition coefficient (Wildman–Crippen LogP) is 3.92. The van der Waals surface area contributed by atoms with E-state index in [1.807, 2.05) is 36.7 Å². The van der Waals surface area contributed by atoms with Crippen molar-refractivity contribution in [3.05, 3.63) is 58.3 Å². The lowest BCUT2D eigenvalue weighted by molar-refractivity contribution is 0.199. The van der Waals surface area contributed by atoms with Gasteiger partial charge in [-0.2, -0.15) is 0 Å². The van der Waals surface area contributed by atoms with Gasteiger partial charge in [0.15, 0.2) is 0 Å². The van der Waals surface area contributed by atoms with Gasteiger partial charge in [0.2, 0.25) is 0 Å². The zero-order chi connectivity index (χ0) is 14.5. The second kappa shape index (κ2) is 6.86. The number of anilines is 1. The highest BCUT2D eigenvalue weighted by Crippen LogP contribution is 2.30. The van der Waals surface area contributed by atoms with Crippen molar-refractivity contribution in [3.8, 4) is 0 Å². The van der Waals surface area contributed by atoms with Crippen LogP contribution < -0.4 is 4.90 Å². The topological polar surface area (TPSA) is 36.4 Å². The molecule has 0 aliphatic rings. The molecule has 1 unspecified atom stereocenters. The van der Waals surface area contributed by atoms with Crippen molar-refractivity contribution in [1.82, 2.24) is 4.98 Å². The molecule has 0 aliphatic carbocycles. The molecule has 0 radical (unpaired) electrons. The first-order valence-electron chi connectivity index (χ1n) is 6.73. The predicted molar refractivity (Wildman–Crippen MR) is 85.7 cm³/mol. The van der Waals surface area contributed by atoms with Gasteiger partial charge in [-0.1, -0.05) is 6.07 Å². The van der Waals surface area contributed by atoms with Crippen LogP contribution in [0.1, 0.15) is 31.1 Å². The average molecular weight is 335 g/mol. The Kier molecular flexibility index (Phi) is 5.15. The molecule has 0 saturated heterocycles. The normalized spacial score (nSPS) is 12.2. The van der Waals surface area contributed by atoms with Gasteiger partial charge in [0.25, 0.3) is 0 Å². The van der Waals surface area contributed by atoms with Crippen LogP contribution in [0.4, 0.5) is 5.69 Å². The number of aromatic nitrogens is 1. The van der Waals surface area contributed by atoms with Crippen molar-refractivity contribution in [2.45, 2.75) is 26.5 Å². The summed E-state index contributed by atoms with van der Waals surface area (Å²) in [6.07, 6.45) is 3.18. The summed E-state index contributed by atoms with van der Waals surface area (Å²) in [5.74, 6) is 0. The SMILES string of the molecule is CCN(Cc1ccncc1)c1ccc(C(C)O)cc1Br. The van der Waals surface area contributed by atoms with Crippen LogP contribution >= 0.6 is 15.9 Å². The van der Waals surface area contributed by atoms with Crippen LogP contribution in [0.25, 0.3) is 0 Å². The number of aliphatic hydroxyl groups is 1. The molecule has 0 amide bonds. The summed E-state index contributed by atoms with van der Waals surface area (Å²) in [5.41, 5.74) is 3.28. The molecule has 1 heterocycles. The minimum absolute atomic E-state index is 0.448. The van der Waals surface area contributed by atoms with Gasteiger partial charge in [0, 0.05) is 30.0 Å². The molecule has 2 aromatic rings. The van der Waals surface area contributed by atoms with Crippen LogP contribution in [0.5, 0.6) is 0 Å². The number of aliphatic hydroxyl groups excluding tert-OH is 1. The molecule has 0 spiro atoms. The lowest BCUT2D eigenvalue weighted by atomic mass is 10.1. The Morgan fingerprint density at radius 2 is 1.95 bits per heavy atom. The van der Waals surface area contributed by atoms with Crippen molar-refractivity contribution in [2.24, 2.45) is 0 Å². The van der Waals surface area contributed by atoms with E-state index in [4.69, 9.17) is 0 Å². The van der Waals surface area contributed by atoms with Gasteiger partial charge in [0.1, 0.15) is 0 Å². The van der Waals surface area contributed by atoms with Gasteiger partial charge in [0.05, 0.1) is 11.8 Å². The molecule has 1 atom stereocenters. The number of pyridine rings is 1. The minimum Gasteiger partial charge on any atom is -0.389 e. The number of rotatable bonds is 5. The lowest BCUT2D eigenvalue weighted by Gasteiger charge is -2.25. The molecule has 1 aromatic carbocycles. The van der Waals surface area contributed by atoms with E-state index in [2.05, 4.69) is 38.8 Å². The Hall–Kier alpha value is -1.39. The molecule has 0 saturated carbocycles. The fourth-order valence-corrected chi connectivity index (χ4v) is 2.76. The van der Waals surface area contributed by atoms with Crippen LogP contribution in [-0.4, -0.2) is 16.6 Å². The summed E-state index contributed by atoms with van der Waals surface area (Å²) in [5, 5.41) is 9.63. The van der Waals surface area contributed by atoms with E-state index >= 15 is 0 Å². The van der Waals surface area contributed by atoms with Crippen LogP contribution in [0.15, 0.2) is 47.2 Å². The molecule has 4 heteroatoms. The monoisotopic (exact) mass is 334 g/mol. The third-order valence-corrected chi connectivity index (χ3v) is 3.93. The van der Waals surface area contributed by atoms with Gasteiger partial charge in [-0.3, -0.25) is 4.98 Å². The van der Waals surface area contributed by atoms with E-state index in [0.717, 1.165) is 28.8 Å². The van der Waals surface area contributed by atoms with E-state index in [1.165, 1.54) is 5.56 Å². The van der Waals surface area contributed by atoms with E-state index in [9.17, 15) is 5.11 Å². The van der Waals surface area contributed by atoms with Crippen LogP contribution in [-0.2, 0) is 6.54 Å². The van der Waals surface area contributed by atoms with Gasteiger partial charge in [-0.15, -0.1) is 0 Å². The number of benzene rings is 1. The Balaban J connectivity index is 2.23. The summed E-state index contributed by atoms with van der Waals surface area (Å²) < 4.78 is 1.01. The Morgan fingerprint density at radius 3 is 2.50 bits per heavy atom. The molecule has 20 heavy (non-hydrogen) atoms. The fourth-order valence-electron chi connectivity index (χ4n) is 2.12. The zero-order valence-electron chi connectivity index (χ0n) is 11.8. The summed E-state index contributed by atoms with van der Waals surface area (Å²) >= 11 is 3.61. The largest absolute Gasteiger partial charge is 0.389 e. The quantitative estimate of drug-likeness (QED) is 0.900. The second-order valence-electron chi connectivity index (χ2n) is 4.76. The van der Waals surface area contributed by atoms with Crippen molar-refractivity contribution < 1.29 is 5.11 Å². The zero-order valence-corrected chi connectivity index (χ0v) is 13.3. The number of halogens is 1. The first kappa shape index (κ1) is 15.0. The Morgan fingerprint density at radius 1 is 1.25 bits per heavy atom. The first-order chi connectivity index (χ1) is 9.61. The molecule has 2 rings (SSSR count). The van der Waals surface area contributed by atoms with Crippen LogP contribution in [0.3, 0.4) is 0 Å². The Labute approximate surface area is 128 Å². The molecule has 1 N–H and O–H groups in total. The lowest BCUT2D eigenvalue weighted by Crippen LogP contribution is -2.22. The highest BCUT2D eigenvalue weighted by atomic mass is 79.9. The first-order valence-corrected chi connectivity index (χ1v) is 7.52. The highest BCUT2D eigenvalue weighted by Gasteiger charge is 2.11. The number of hydrogen-bond acceptors (Lipinski definition) is 3. The van der Waals surface area contributed by atoms with Gasteiger partial charge >= 0.3 is 0 Å². The molecule has 106 valence electrons. The maximum atomic E-state index is 9.63. The van der Waals surface area contributed by atoms with E-state index in [0.29, 0.717) is 0 Å². The van der Waals surface area contributed by atoms with E-state index < -0.39 is 6.10 Å². The third kappa shape index (κ3) is 3.58. The summed E-state index contributed by atoms with van der Waals surface area (Å²) in [6, 6.07) is 10.1. The summed E-state index contributed by atoms with van der Waals surface area (Å²) in [7, 11) is 0. The Bertz CT molecular complexity index is 558. The maximum Gasteiger partial charge on any atom is 0.0762 e. The average Bonchev–Trinajstić information content (AvgIpc) is 2.46. The van der Waals surface area contributed by atoms with Crippen molar-refractivity contribution >= 4 is 21.6 Å². The molecule has 0 bridgehead atoms. The molecular weight excluding hydrogens is 316 g/mol. The van der Waals surface area contributed by atoms with Crippen LogP contribution in [0, 0.1) is 0 Å². The molecule has 1 aromatic heterocycles. The standard InChI is InChI=1S/C16H19BrN2O/c1-3-19(11-13-6-8-18-9-7-13)16-5-4-14(12(2)20)10-15(16)17/h4-10,12,20H,3,11H2,1-2H3. The van der Waals surface area contributed by atoms with Crippen molar-refractivity contribution in [3.63, 3.8) is 0 Å². The third-order valence-electron chi connectivity index (χ3n) is 3.30. The van der Waals surface area contributed by atoms with Gasteiger partial charge in [-0.25, -0.2) is 0 Å². The van der Waals surface area contributed by atoms with Gasteiger partial charge < -0.3 is 10.0 Å². The number of hydrogen-bond donors (Lipinski definition) is 1. The van der Waals surface area contributed by atoms with E-state index in [1.54, 1.807) is 6.92 Å². The maximum absolute atomic E-state index is 9.63. The molecule has 0 fully saturated rings. The van der Waals surface area contributed by atoms with Crippen LogP contribution in [0.2, 0.25) is 0 Å². The minimum atomic E-state index is -0.448. The molecular formula is C16H19BrN2O. The van der Waals surface area contributed by atoms with Crippen molar-refractivity contribution in [2.75, 3.05) is 11.4 Å². The summed E-state index contributed by atoms with van der Waals surface area (Å²) in [6.45, 7) is 5.66. The number of nitrogens with zero attached hydrogens (tertiary/aromatic N) is 2. The van der Waals surface area contributed by atoms with Crippen molar-refractivity contribution in [1.29, 1.82) is 0 Å².